The van der Waals surface area contributed by atoms with Gasteiger partial charge >= 0.3 is 0 Å². The fourth-order valence-corrected chi connectivity index (χ4v) is 6.24. The molecule has 26 heavy (non-hydrogen) atoms. The number of benzene rings is 2. The number of hydrogen-bond acceptors (Lipinski definition) is 3. The van der Waals surface area contributed by atoms with E-state index in [9.17, 15) is 9.59 Å². The zero-order valence-corrected chi connectivity index (χ0v) is 13.8. The third-order valence-electron chi connectivity index (χ3n) is 6.90. The molecule has 5 atom stereocenters. The predicted octanol–water partition coefficient (Wildman–Crippen LogP) is 1.81. The van der Waals surface area contributed by atoms with E-state index < -0.39 is 5.92 Å². The van der Waals surface area contributed by atoms with Gasteiger partial charge in [-0.1, -0.05) is 48.5 Å². The summed E-state index contributed by atoms with van der Waals surface area (Å²) >= 11 is 0. The minimum absolute atomic E-state index is 0.0170. The van der Waals surface area contributed by atoms with Gasteiger partial charge in [0.2, 0.25) is 11.8 Å². The minimum atomic E-state index is -0.399. The van der Waals surface area contributed by atoms with Crippen molar-refractivity contribution in [2.24, 2.45) is 11.8 Å². The summed E-state index contributed by atoms with van der Waals surface area (Å²) in [5.74, 6) is -0.978. The van der Waals surface area contributed by atoms with Crippen LogP contribution in [0.4, 0.5) is 0 Å². The summed E-state index contributed by atoms with van der Waals surface area (Å²) in [6.07, 6.45) is 0. The molecule has 3 aliphatic carbocycles. The summed E-state index contributed by atoms with van der Waals surface area (Å²) in [5, 5.41) is 10.2. The van der Waals surface area contributed by atoms with Crippen molar-refractivity contribution < 1.29 is 9.59 Å². The Balaban J connectivity index is 1.60. The highest BCUT2D eigenvalue weighted by molar-refractivity contribution is 5.98. The minimum Gasteiger partial charge on any atom is -0.273 e. The van der Waals surface area contributed by atoms with Gasteiger partial charge in [0, 0.05) is 17.3 Å². The van der Waals surface area contributed by atoms with Gasteiger partial charge in [0.05, 0.1) is 17.9 Å². The van der Waals surface area contributed by atoms with E-state index in [0.29, 0.717) is 0 Å². The highest BCUT2D eigenvalue weighted by Crippen LogP contribution is 2.79. The highest BCUT2D eigenvalue weighted by Gasteiger charge is 2.77. The Kier molecular flexibility index (Phi) is 2.35. The van der Waals surface area contributed by atoms with Crippen molar-refractivity contribution >= 4 is 11.8 Å². The van der Waals surface area contributed by atoms with Crippen molar-refractivity contribution in [1.29, 1.82) is 5.26 Å². The van der Waals surface area contributed by atoms with Gasteiger partial charge in [-0.15, -0.1) is 0 Å². The molecule has 1 N–H and O–H groups in total. The third kappa shape index (κ3) is 1.23. The van der Waals surface area contributed by atoms with Crippen molar-refractivity contribution in [3.05, 3.63) is 70.8 Å². The SMILES string of the molecule is N#CCN1NC(=O)C2C(C1=O)C1c3ccccc3C13c1ccccc1C23. The fourth-order valence-electron chi connectivity index (χ4n) is 6.24. The number of carbonyl (C=O) groups excluding carboxylic acids is 2. The zero-order chi connectivity index (χ0) is 17.6. The Morgan fingerprint density at radius 3 is 2.15 bits per heavy atom. The molecule has 2 fully saturated rings. The molecule has 1 aliphatic heterocycles. The molecule has 1 saturated heterocycles. The Labute approximate surface area is 150 Å². The summed E-state index contributed by atoms with van der Waals surface area (Å²) in [5.41, 5.74) is 7.34. The molecule has 0 bridgehead atoms. The Morgan fingerprint density at radius 1 is 0.962 bits per heavy atom. The lowest BCUT2D eigenvalue weighted by Crippen LogP contribution is -2.58. The highest BCUT2D eigenvalue weighted by atomic mass is 16.2. The first-order valence-corrected chi connectivity index (χ1v) is 8.89. The zero-order valence-electron chi connectivity index (χ0n) is 13.8. The second kappa shape index (κ2) is 4.34. The Morgan fingerprint density at radius 2 is 1.54 bits per heavy atom. The quantitative estimate of drug-likeness (QED) is 0.804. The average Bonchev–Trinajstić information content (AvgIpc) is 2.86. The molecule has 1 spiro atoms. The normalized spacial score (nSPS) is 34.8. The van der Waals surface area contributed by atoms with Crippen LogP contribution in [0.25, 0.3) is 0 Å². The molecule has 2 aromatic carbocycles. The first kappa shape index (κ1) is 14.1. The molecule has 6 rings (SSSR count). The molecule has 1 saturated carbocycles. The van der Waals surface area contributed by atoms with Crippen LogP contribution in [0.5, 0.6) is 0 Å². The third-order valence-corrected chi connectivity index (χ3v) is 6.90. The second-order valence-electron chi connectivity index (χ2n) is 7.61. The van der Waals surface area contributed by atoms with Gasteiger partial charge in [0.15, 0.2) is 0 Å². The molecule has 2 amide bonds. The van der Waals surface area contributed by atoms with Gasteiger partial charge < -0.3 is 0 Å². The average molecular weight is 341 g/mol. The molecule has 1 heterocycles. The monoisotopic (exact) mass is 341 g/mol. The van der Waals surface area contributed by atoms with E-state index in [1.807, 2.05) is 30.3 Å². The van der Waals surface area contributed by atoms with Crippen LogP contribution in [0, 0.1) is 23.2 Å². The van der Waals surface area contributed by atoms with E-state index in [2.05, 4.69) is 29.7 Å². The summed E-state index contributed by atoms with van der Waals surface area (Å²) in [4.78, 5) is 26.1. The number of fused-ring (bicyclic) bond motifs is 7. The second-order valence-corrected chi connectivity index (χ2v) is 7.61. The van der Waals surface area contributed by atoms with Crippen molar-refractivity contribution in [2.45, 2.75) is 17.3 Å². The number of amides is 2. The van der Waals surface area contributed by atoms with Gasteiger partial charge in [0.25, 0.3) is 0 Å². The number of nitrogens with zero attached hydrogens (tertiary/aromatic N) is 2. The van der Waals surface area contributed by atoms with Gasteiger partial charge in [-0.25, -0.2) is 5.01 Å². The number of hydrazine groups is 1. The number of nitriles is 1. The molecule has 5 unspecified atom stereocenters. The Hall–Kier alpha value is -3.13. The van der Waals surface area contributed by atoms with Gasteiger partial charge in [0.1, 0.15) is 6.54 Å². The molecule has 2 aromatic rings. The number of carbonyl (C=O) groups is 2. The first-order chi connectivity index (χ1) is 12.7. The largest absolute Gasteiger partial charge is 0.273 e. The van der Waals surface area contributed by atoms with E-state index in [1.54, 1.807) is 0 Å². The van der Waals surface area contributed by atoms with Crippen LogP contribution >= 0.6 is 0 Å². The molecular formula is C21H15N3O2. The topological polar surface area (TPSA) is 73.2 Å². The van der Waals surface area contributed by atoms with Gasteiger partial charge in [-0.05, 0) is 22.3 Å². The molecule has 5 heteroatoms. The lowest BCUT2D eigenvalue weighted by Gasteiger charge is -2.58. The van der Waals surface area contributed by atoms with E-state index in [-0.39, 0.29) is 41.5 Å². The standard InChI is InChI=1S/C21H15N3O2/c22-9-10-24-20(26)16-15(19(25)23-24)17-11-5-1-3-7-13(11)21(17)14-8-4-2-6-12(14)18(16)21/h1-8,15-18H,10H2,(H,23,25). The van der Waals surface area contributed by atoms with E-state index in [1.165, 1.54) is 27.3 Å². The van der Waals surface area contributed by atoms with E-state index in [4.69, 9.17) is 5.26 Å². The van der Waals surface area contributed by atoms with Gasteiger partial charge in [-0.2, -0.15) is 5.26 Å². The number of rotatable bonds is 1. The molecular weight excluding hydrogens is 326 g/mol. The summed E-state index contributed by atoms with van der Waals surface area (Å²) in [6, 6.07) is 18.5. The van der Waals surface area contributed by atoms with Crippen LogP contribution in [0.2, 0.25) is 0 Å². The lowest BCUT2D eigenvalue weighted by atomic mass is 9.43. The fraction of sp³-hybridized carbons (Fsp3) is 0.286. The predicted molar refractivity (Wildman–Crippen MR) is 91.6 cm³/mol. The number of nitrogens with one attached hydrogen (secondary N) is 1. The van der Waals surface area contributed by atoms with Crippen LogP contribution in [-0.4, -0.2) is 23.4 Å². The van der Waals surface area contributed by atoms with Crippen molar-refractivity contribution in [2.75, 3.05) is 6.54 Å². The molecule has 4 aliphatic rings. The maximum Gasteiger partial charge on any atom is 0.246 e. The summed E-state index contributed by atoms with van der Waals surface area (Å²) < 4.78 is 0. The van der Waals surface area contributed by atoms with Crippen LogP contribution < -0.4 is 5.43 Å². The van der Waals surface area contributed by atoms with E-state index in [0.717, 1.165) is 0 Å². The smallest absolute Gasteiger partial charge is 0.246 e. The maximum atomic E-state index is 13.2. The molecule has 0 radical (unpaired) electrons. The van der Waals surface area contributed by atoms with Gasteiger partial charge in [-0.3, -0.25) is 15.0 Å². The summed E-state index contributed by atoms with van der Waals surface area (Å²) in [6.45, 7) is -0.118. The summed E-state index contributed by atoms with van der Waals surface area (Å²) in [7, 11) is 0. The lowest BCUT2D eigenvalue weighted by molar-refractivity contribution is -0.155. The maximum absolute atomic E-state index is 13.2. The van der Waals surface area contributed by atoms with Crippen molar-refractivity contribution in [3.8, 4) is 6.07 Å². The van der Waals surface area contributed by atoms with Crippen molar-refractivity contribution in [1.82, 2.24) is 10.4 Å². The van der Waals surface area contributed by atoms with Crippen molar-refractivity contribution in [3.63, 3.8) is 0 Å². The van der Waals surface area contributed by atoms with Crippen LogP contribution in [0.15, 0.2) is 48.5 Å². The first-order valence-electron chi connectivity index (χ1n) is 8.89. The van der Waals surface area contributed by atoms with E-state index >= 15 is 0 Å². The molecule has 126 valence electrons. The van der Waals surface area contributed by atoms with Crippen LogP contribution in [0.3, 0.4) is 0 Å². The van der Waals surface area contributed by atoms with Crippen LogP contribution in [0.1, 0.15) is 34.1 Å². The molecule has 0 aromatic heterocycles. The molecule has 5 nitrogen and oxygen atoms in total. The number of hydrogen-bond donors (Lipinski definition) is 1. The van der Waals surface area contributed by atoms with Crippen LogP contribution in [-0.2, 0) is 15.0 Å². The Bertz CT molecular complexity index is 1060.